The van der Waals surface area contributed by atoms with Crippen LogP contribution in [0.3, 0.4) is 0 Å². The van der Waals surface area contributed by atoms with E-state index in [0.717, 1.165) is 12.1 Å². The molecule has 0 radical (unpaired) electrons. The van der Waals surface area contributed by atoms with Gasteiger partial charge in [0.15, 0.2) is 0 Å². The van der Waals surface area contributed by atoms with Gasteiger partial charge in [-0.05, 0) is 30.3 Å². The predicted molar refractivity (Wildman–Crippen MR) is 109 cm³/mol. The van der Waals surface area contributed by atoms with E-state index >= 15 is 0 Å². The van der Waals surface area contributed by atoms with Crippen molar-refractivity contribution >= 4 is 17.4 Å². The number of halogens is 3. The van der Waals surface area contributed by atoms with Crippen molar-refractivity contribution in [1.29, 1.82) is 0 Å². The molecule has 0 unspecified atom stereocenters. The van der Waals surface area contributed by atoms with E-state index in [0.29, 0.717) is 48.9 Å². The highest BCUT2D eigenvalue weighted by Crippen LogP contribution is 2.30. The van der Waals surface area contributed by atoms with Crippen LogP contribution in [-0.2, 0) is 4.74 Å². The van der Waals surface area contributed by atoms with Crippen LogP contribution < -0.4 is 15.0 Å². The molecule has 4 rings (SSSR count). The molecule has 8 nitrogen and oxygen atoms in total. The standard InChI is InChI=1S/C21H18F3N5O3/c22-21(23,24)32-17-3-1-16(2-4-17)28-20(30)14-9-18(15-10-25-13-26-11-15)19(27-12-14)29-5-7-31-8-6-29/h1-4,9-13H,5-8H2,(H,28,30). The Labute approximate surface area is 181 Å². The van der Waals surface area contributed by atoms with Crippen LogP contribution in [0.25, 0.3) is 11.1 Å². The maximum absolute atomic E-state index is 12.8. The summed E-state index contributed by atoms with van der Waals surface area (Å²) in [5.41, 5.74) is 1.97. The number of hydrogen-bond acceptors (Lipinski definition) is 7. The summed E-state index contributed by atoms with van der Waals surface area (Å²) in [4.78, 5) is 27.4. The third-order valence-electron chi connectivity index (χ3n) is 4.66. The SMILES string of the molecule is O=C(Nc1ccc(OC(F)(F)F)cc1)c1cnc(N2CCOCC2)c(-c2cncnc2)c1. The smallest absolute Gasteiger partial charge is 0.406 e. The minimum atomic E-state index is -4.78. The van der Waals surface area contributed by atoms with Crippen LogP contribution in [0.5, 0.6) is 5.75 Å². The Morgan fingerprint density at radius 3 is 2.41 bits per heavy atom. The second-order valence-corrected chi connectivity index (χ2v) is 6.85. The Hall–Kier alpha value is -3.73. The summed E-state index contributed by atoms with van der Waals surface area (Å²) in [6.07, 6.45) is 1.35. The number of benzene rings is 1. The molecule has 0 aliphatic carbocycles. The van der Waals surface area contributed by atoms with Crippen molar-refractivity contribution in [3.05, 3.63) is 60.8 Å². The molecule has 166 valence electrons. The molecular formula is C21H18F3N5O3. The van der Waals surface area contributed by atoms with E-state index in [1.807, 2.05) is 0 Å². The molecule has 0 bridgehead atoms. The van der Waals surface area contributed by atoms with Crippen molar-refractivity contribution in [1.82, 2.24) is 15.0 Å². The summed E-state index contributed by atoms with van der Waals surface area (Å²) < 4.78 is 46.1. The fourth-order valence-corrected chi connectivity index (χ4v) is 3.20. The largest absolute Gasteiger partial charge is 0.573 e. The first-order valence-corrected chi connectivity index (χ1v) is 9.64. The van der Waals surface area contributed by atoms with Crippen LogP contribution in [0, 0.1) is 0 Å². The van der Waals surface area contributed by atoms with Crippen molar-refractivity contribution < 1.29 is 27.4 Å². The zero-order chi connectivity index (χ0) is 22.6. The number of morpholine rings is 1. The van der Waals surface area contributed by atoms with Crippen LogP contribution in [0.4, 0.5) is 24.7 Å². The van der Waals surface area contributed by atoms with Gasteiger partial charge in [0, 0.05) is 48.5 Å². The first-order valence-electron chi connectivity index (χ1n) is 9.64. The van der Waals surface area contributed by atoms with E-state index < -0.39 is 12.3 Å². The summed E-state index contributed by atoms with van der Waals surface area (Å²) in [6, 6.07) is 6.57. The highest BCUT2D eigenvalue weighted by molar-refractivity contribution is 6.05. The number of pyridine rings is 1. The number of amides is 1. The van der Waals surface area contributed by atoms with Crippen molar-refractivity contribution in [3.8, 4) is 16.9 Å². The van der Waals surface area contributed by atoms with Crippen LogP contribution >= 0.6 is 0 Å². The molecule has 1 aliphatic rings. The average Bonchev–Trinajstić information content (AvgIpc) is 2.80. The Bertz CT molecular complexity index is 1070. The maximum atomic E-state index is 12.8. The van der Waals surface area contributed by atoms with Gasteiger partial charge in [-0.1, -0.05) is 0 Å². The molecule has 3 heterocycles. The van der Waals surface area contributed by atoms with Gasteiger partial charge < -0.3 is 19.7 Å². The van der Waals surface area contributed by atoms with Crippen LogP contribution in [-0.4, -0.2) is 53.5 Å². The van der Waals surface area contributed by atoms with E-state index in [2.05, 4.69) is 29.9 Å². The summed E-state index contributed by atoms with van der Waals surface area (Å²) in [7, 11) is 0. The Morgan fingerprint density at radius 1 is 1.06 bits per heavy atom. The van der Waals surface area contributed by atoms with Crippen molar-refractivity contribution in [3.63, 3.8) is 0 Å². The fraction of sp³-hybridized carbons (Fsp3) is 0.238. The van der Waals surface area contributed by atoms with Gasteiger partial charge in [0.2, 0.25) is 0 Å². The van der Waals surface area contributed by atoms with E-state index in [1.165, 1.54) is 24.7 Å². The molecule has 11 heteroatoms. The zero-order valence-corrected chi connectivity index (χ0v) is 16.7. The number of rotatable bonds is 5. The lowest BCUT2D eigenvalue weighted by atomic mass is 10.1. The third-order valence-corrected chi connectivity index (χ3v) is 4.66. The van der Waals surface area contributed by atoms with Crippen molar-refractivity contribution in [2.75, 3.05) is 36.5 Å². The summed E-state index contributed by atoms with van der Waals surface area (Å²) in [6.45, 7) is 2.46. The maximum Gasteiger partial charge on any atom is 0.573 e. The van der Waals surface area contributed by atoms with Gasteiger partial charge in [0.05, 0.1) is 18.8 Å². The second-order valence-electron chi connectivity index (χ2n) is 6.85. The molecule has 0 atom stereocenters. The Balaban J connectivity index is 1.57. The lowest BCUT2D eigenvalue weighted by Crippen LogP contribution is -2.37. The van der Waals surface area contributed by atoms with E-state index in [9.17, 15) is 18.0 Å². The molecular weight excluding hydrogens is 427 g/mol. The minimum Gasteiger partial charge on any atom is -0.406 e. The van der Waals surface area contributed by atoms with Gasteiger partial charge in [0.25, 0.3) is 5.91 Å². The van der Waals surface area contributed by atoms with E-state index in [1.54, 1.807) is 18.5 Å². The highest BCUT2D eigenvalue weighted by Gasteiger charge is 2.31. The Kier molecular flexibility index (Phi) is 6.17. The van der Waals surface area contributed by atoms with Gasteiger partial charge in [-0.25, -0.2) is 15.0 Å². The topological polar surface area (TPSA) is 89.5 Å². The number of nitrogens with one attached hydrogen (secondary N) is 1. The second kappa shape index (κ2) is 9.18. The number of aromatic nitrogens is 3. The number of nitrogens with zero attached hydrogens (tertiary/aromatic N) is 4. The number of anilines is 2. The lowest BCUT2D eigenvalue weighted by Gasteiger charge is -2.29. The van der Waals surface area contributed by atoms with Gasteiger partial charge in [0.1, 0.15) is 17.9 Å². The molecule has 1 fully saturated rings. The van der Waals surface area contributed by atoms with Crippen LogP contribution in [0.1, 0.15) is 10.4 Å². The van der Waals surface area contributed by atoms with Crippen LogP contribution in [0.15, 0.2) is 55.2 Å². The van der Waals surface area contributed by atoms with Crippen molar-refractivity contribution in [2.24, 2.45) is 0 Å². The first-order chi connectivity index (χ1) is 15.4. The molecule has 2 aromatic heterocycles. The van der Waals surface area contributed by atoms with Gasteiger partial charge in [-0.15, -0.1) is 13.2 Å². The molecule has 0 saturated carbocycles. The average molecular weight is 445 g/mol. The monoisotopic (exact) mass is 445 g/mol. The van der Waals surface area contributed by atoms with Gasteiger partial charge >= 0.3 is 6.36 Å². The van der Waals surface area contributed by atoms with Gasteiger partial charge in [-0.3, -0.25) is 4.79 Å². The summed E-state index contributed by atoms with van der Waals surface area (Å²) in [5, 5.41) is 2.65. The highest BCUT2D eigenvalue weighted by atomic mass is 19.4. The molecule has 1 amide bonds. The number of carbonyl (C=O) groups is 1. The Morgan fingerprint density at radius 2 is 1.75 bits per heavy atom. The van der Waals surface area contributed by atoms with Crippen molar-refractivity contribution in [2.45, 2.75) is 6.36 Å². The lowest BCUT2D eigenvalue weighted by molar-refractivity contribution is -0.274. The quantitative estimate of drug-likeness (QED) is 0.643. The summed E-state index contributed by atoms with van der Waals surface area (Å²) in [5.74, 6) is -0.152. The molecule has 32 heavy (non-hydrogen) atoms. The predicted octanol–water partition coefficient (Wildman–Crippen LogP) is 3.53. The van der Waals surface area contributed by atoms with Gasteiger partial charge in [-0.2, -0.15) is 0 Å². The van der Waals surface area contributed by atoms with E-state index in [-0.39, 0.29) is 11.3 Å². The normalized spacial score (nSPS) is 14.2. The number of ether oxygens (including phenoxy) is 2. The fourth-order valence-electron chi connectivity index (χ4n) is 3.20. The molecule has 1 N–H and O–H groups in total. The zero-order valence-electron chi connectivity index (χ0n) is 16.7. The first kappa shape index (κ1) is 21.5. The third kappa shape index (κ3) is 5.30. The number of alkyl halides is 3. The van der Waals surface area contributed by atoms with E-state index in [4.69, 9.17) is 4.74 Å². The molecule has 1 aliphatic heterocycles. The van der Waals surface area contributed by atoms with Crippen LogP contribution in [0.2, 0.25) is 0 Å². The molecule has 1 aromatic carbocycles. The molecule has 3 aromatic rings. The summed E-state index contributed by atoms with van der Waals surface area (Å²) >= 11 is 0. The molecule has 1 saturated heterocycles. The molecule has 0 spiro atoms. The number of carbonyl (C=O) groups excluding carboxylic acids is 1. The number of hydrogen-bond donors (Lipinski definition) is 1. The minimum absolute atomic E-state index is 0.275.